The second-order valence-corrected chi connectivity index (χ2v) is 6.13. The van der Waals surface area contributed by atoms with Crippen LogP contribution in [0.3, 0.4) is 0 Å². The Bertz CT molecular complexity index is 446. The van der Waals surface area contributed by atoms with Crippen LogP contribution in [-0.2, 0) is 6.42 Å². The van der Waals surface area contributed by atoms with E-state index < -0.39 is 0 Å². The van der Waals surface area contributed by atoms with E-state index in [1.54, 1.807) is 0 Å². The average molecular weight is 307 g/mol. The number of benzene rings is 1. The molecule has 3 heteroatoms. The van der Waals surface area contributed by atoms with Gasteiger partial charge in [0, 0.05) is 4.47 Å². The van der Waals surface area contributed by atoms with E-state index in [1.165, 1.54) is 18.4 Å². The molecule has 1 aromatic carbocycles. The zero-order chi connectivity index (χ0) is 13.0. The van der Waals surface area contributed by atoms with Gasteiger partial charge in [0.15, 0.2) is 0 Å². The van der Waals surface area contributed by atoms with Gasteiger partial charge in [-0.3, -0.25) is 4.90 Å². The maximum absolute atomic E-state index is 9.48. The highest BCUT2D eigenvalue weighted by atomic mass is 79.9. The number of halogens is 1. The molecule has 18 heavy (non-hydrogen) atoms. The standard InChI is InChI=1S/C15H19BrN2/c1-15(12-17,18-9-2-3-10-18)8-7-13-5-4-6-14(16)11-13/h4-6,11H,2-3,7-10H2,1H3. The second-order valence-electron chi connectivity index (χ2n) is 5.21. The smallest absolute Gasteiger partial charge is 0.106 e. The monoisotopic (exact) mass is 306 g/mol. The van der Waals surface area contributed by atoms with Gasteiger partial charge in [-0.05, 0) is 63.4 Å². The van der Waals surface area contributed by atoms with Crippen molar-refractivity contribution < 1.29 is 0 Å². The number of nitriles is 1. The number of likely N-dealkylation sites (tertiary alicyclic amines) is 1. The zero-order valence-corrected chi connectivity index (χ0v) is 12.4. The first-order valence-corrected chi connectivity index (χ1v) is 7.34. The van der Waals surface area contributed by atoms with Crippen molar-refractivity contribution in [1.29, 1.82) is 5.26 Å². The molecule has 0 amide bonds. The van der Waals surface area contributed by atoms with Crippen LogP contribution in [0, 0.1) is 11.3 Å². The number of aryl methyl sites for hydroxylation is 1. The van der Waals surface area contributed by atoms with Crippen molar-refractivity contribution in [3.8, 4) is 6.07 Å². The van der Waals surface area contributed by atoms with Gasteiger partial charge in [-0.25, -0.2) is 0 Å². The topological polar surface area (TPSA) is 27.0 Å². The SMILES string of the molecule is CC(C#N)(CCc1cccc(Br)c1)N1CCCC1. The maximum atomic E-state index is 9.48. The molecular formula is C15H19BrN2. The van der Waals surface area contributed by atoms with Crippen LogP contribution in [-0.4, -0.2) is 23.5 Å². The third-order valence-electron chi connectivity index (χ3n) is 3.83. The fraction of sp³-hybridized carbons (Fsp3) is 0.533. The molecule has 1 aliphatic rings. The number of hydrogen-bond acceptors (Lipinski definition) is 2. The van der Waals surface area contributed by atoms with E-state index in [2.05, 4.69) is 52.0 Å². The zero-order valence-electron chi connectivity index (χ0n) is 10.8. The van der Waals surface area contributed by atoms with Crippen LogP contribution in [0.5, 0.6) is 0 Å². The summed E-state index contributed by atoms with van der Waals surface area (Å²) in [6.07, 6.45) is 4.32. The highest BCUT2D eigenvalue weighted by Crippen LogP contribution is 2.26. The molecule has 1 aromatic rings. The molecule has 2 nitrogen and oxygen atoms in total. The Morgan fingerprint density at radius 3 is 2.72 bits per heavy atom. The lowest BCUT2D eigenvalue weighted by Gasteiger charge is -2.32. The van der Waals surface area contributed by atoms with Crippen LogP contribution >= 0.6 is 15.9 Å². The van der Waals surface area contributed by atoms with Crippen molar-refractivity contribution in [3.63, 3.8) is 0 Å². The Labute approximate surface area is 118 Å². The van der Waals surface area contributed by atoms with Gasteiger partial charge in [0.1, 0.15) is 5.54 Å². The molecule has 2 rings (SSSR count). The van der Waals surface area contributed by atoms with Gasteiger partial charge in [0.25, 0.3) is 0 Å². The Morgan fingerprint density at radius 1 is 1.39 bits per heavy atom. The fourth-order valence-electron chi connectivity index (χ4n) is 2.58. The predicted molar refractivity (Wildman–Crippen MR) is 77.3 cm³/mol. The molecule has 0 spiro atoms. The van der Waals surface area contributed by atoms with Crippen molar-refractivity contribution in [3.05, 3.63) is 34.3 Å². The molecule has 1 unspecified atom stereocenters. The van der Waals surface area contributed by atoms with Gasteiger partial charge in [0.05, 0.1) is 6.07 Å². The second kappa shape index (κ2) is 5.86. The minimum Gasteiger partial charge on any atom is -0.286 e. The first-order chi connectivity index (χ1) is 8.64. The fourth-order valence-corrected chi connectivity index (χ4v) is 3.02. The number of hydrogen-bond donors (Lipinski definition) is 0. The molecule has 1 saturated heterocycles. The molecule has 1 aliphatic heterocycles. The van der Waals surface area contributed by atoms with Gasteiger partial charge >= 0.3 is 0 Å². The van der Waals surface area contributed by atoms with Gasteiger partial charge in [-0.1, -0.05) is 28.1 Å². The van der Waals surface area contributed by atoms with E-state index in [-0.39, 0.29) is 5.54 Å². The molecule has 0 saturated carbocycles. The molecular weight excluding hydrogens is 288 g/mol. The first-order valence-electron chi connectivity index (χ1n) is 6.55. The molecule has 0 bridgehead atoms. The van der Waals surface area contributed by atoms with Gasteiger partial charge in [0.2, 0.25) is 0 Å². The summed E-state index contributed by atoms with van der Waals surface area (Å²) in [6.45, 7) is 4.22. The predicted octanol–water partition coefficient (Wildman–Crippen LogP) is 3.76. The van der Waals surface area contributed by atoms with Gasteiger partial charge in [-0.2, -0.15) is 5.26 Å². The maximum Gasteiger partial charge on any atom is 0.106 e. The summed E-state index contributed by atoms with van der Waals surface area (Å²) in [5.41, 5.74) is 0.990. The molecule has 0 aliphatic carbocycles. The highest BCUT2D eigenvalue weighted by Gasteiger charge is 2.33. The van der Waals surface area contributed by atoms with Crippen molar-refractivity contribution in [2.45, 2.75) is 38.1 Å². The minimum atomic E-state index is -0.307. The summed E-state index contributed by atoms with van der Waals surface area (Å²) in [4.78, 5) is 2.34. The number of rotatable bonds is 4. The van der Waals surface area contributed by atoms with E-state index in [0.29, 0.717) is 0 Å². The number of nitrogens with zero attached hydrogens (tertiary/aromatic N) is 2. The summed E-state index contributed by atoms with van der Waals surface area (Å²) in [5.74, 6) is 0. The van der Waals surface area contributed by atoms with Crippen LogP contribution in [0.25, 0.3) is 0 Å². The van der Waals surface area contributed by atoms with Gasteiger partial charge < -0.3 is 0 Å². The molecule has 0 aromatic heterocycles. The summed E-state index contributed by atoms with van der Waals surface area (Å²) in [7, 11) is 0. The minimum absolute atomic E-state index is 0.307. The molecule has 0 N–H and O–H groups in total. The molecule has 96 valence electrons. The third kappa shape index (κ3) is 3.13. The average Bonchev–Trinajstić information content (AvgIpc) is 2.90. The van der Waals surface area contributed by atoms with E-state index in [0.717, 1.165) is 30.4 Å². The van der Waals surface area contributed by atoms with E-state index in [1.807, 2.05) is 6.07 Å². The van der Waals surface area contributed by atoms with Crippen LogP contribution in [0.2, 0.25) is 0 Å². The Morgan fingerprint density at radius 2 is 2.11 bits per heavy atom. The highest BCUT2D eigenvalue weighted by molar-refractivity contribution is 9.10. The van der Waals surface area contributed by atoms with Crippen LogP contribution < -0.4 is 0 Å². The Hall–Kier alpha value is -0.850. The molecule has 0 radical (unpaired) electrons. The van der Waals surface area contributed by atoms with Crippen molar-refractivity contribution in [2.24, 2.45) is 0 Å². The molecule has 1 fully saturated rings. The third-order valence-corrected chi connectivity index (χ3v) is 4.33. The van der Waals surface area contributed by atoms with Crippen LogP contribution in [0.15, 0.2) is 28.7 Å². The molecule has 1 heterocycles. The Balaban J connectivity index is 2.01. The largest absolute Gasteiger partial charge is 0.286 e. The lowest BCUT2D eigenvalue weighted by molar-refractivity contribution is 0.181. The van der Waals surface area contributed by atoms with Crippen LogP contribution in [0.4, 0.5) is 0 Å². The van der Waals surface area contributed by atoms with Crippen molar-refractivity contribution >= 4 is 15.9 Å². The van der Waals surface area contributed by atoms with Gasteiger partial charge in [-0.15, -0.1) is 0 Å². The van der Waals surface area contributed by atoms with Crippen LogP contribution in [0.1, 0.15) is 31.7 Å². The quantitative estimate of drug-likeness (QED) is 0.847. The molecule has 1 atom stereocenters. The normalized spacial score (nSPS) is 19.4. The summed E-state index contributed by atoms with van der Waals surface area (Å²) in [6, 6.07) is 10.9. The summed E-state index contributed by atoms with van der Waals surface area (Å²) >= 11 is 3.49. The van der Waals surface area contributed by atoms with E-state index in [4.69, 9.17) is 0 Å². The summed E-state index contributed by atoms with van der Waals surface area (Å²) < 4.78 is 1.11. The lowest BCUT2D eigenvalue weighted by atomic mass is 9.93. The van der Waals surface area contributed by atoms with E-state index >= 15 is 0 Å². The first kappa shape index (κ1) is 13.6. The Kier molecular flexibility index (Phi) is 4.42. The van der Waals surface area contributed by atoms with Crippen molar-refractivity contribution in [2.75, 3.05) is 13.1 Å². The van der Waals surface area contributed by atoms with Crippen molar-refractivity contribution in [1.82, 2.24) is 4.90 Å². The summed E-state index contributed by atoms with van der Waals surface area (Å²) in [5, 5.41) is 9.48. The van der Waals surface area contributed by atoms with E-state index in [9.17, 15) is 5.26 Å². The lowest BCUT2D eigenvalue weighted by Crippen LogP contribution is -2.43.